The number of aromatic nitrogens is 2. The van der Waals surface area contributed by atoms with E-state index < -0.39 is 24.4 Å². The molecule has 0 saturated carbocycles. The first-order valence-electron chi connectivity index (χ1n) is 5.67. The number of rotatable bonds is 4. The molecule has 1 N–H and O–H groups in total. The molecule has 1 saturated heterocycles. The molecule has 0 spiro atoms. The van der Waals surface area contributed by atoms with Crippen LogP contribution in [0, 0.1) is 6.92 Å². The Balaban J connectivity index is 1.80. The summed E-state index contributed by atoms with van der Waals surface area (Å²) in [7, 11) is 1.83. The van der Waals surface area contributed by atoms with Crippen molar-refractivity contribution in [3.05, 3.63) is 17.5 Å². The number of ether oxygens (including phenoxy) is 1. The minimum Gasteiger partial charge on any atom is -0.456 e. The van der Waals surface area contributed by atoms with Gasteiger partial charge in [0.1, 0.15) is 6.10 Å². The number of hydrogen-bond acceptors (Lipinski definition) is 4. The summed E-state index contributed by atoms with van der Waals surface area (Å²) in [6.07, 6.45) is 0.409. The molecule has 7 heteroatoms. The first kappa shape index (κ1) is 12.9. The van der Waals surface area contributed by atoms with E-state index in [2.05, 4.69) is 15.2 Å². The predicted octanol–water partition coefficient (Wildman–Crippen LogP) is 0.769. The average molecular weight is 259 g/mol. The molecule has 1 atom stereocenters. The third-order valence-corrected chi connectivity index (χ3v) is 3.08. The molecule has 1 fully saturated rings. The van der Waals surface area contributed by atoms with Gasteiger partial charge in [0.15, 0.2) is 0 Å². The second kappa shape index (κ2) is 4.64. The lowest BCUT2D eigenvalue weighted by atomic mass is 10.2. The van der Waals surface area contributed by atoms with Crippen LogP contribution in [-0.4, -0.2) is 34.3 Å². The van der Waals surface area contributed by atoms with E-state index >= 15 is 0 Å². The van der Waals surface area contributed by atoms with Crippen molar-refractivity contribution in [2.24, 2.45) is 7.05 Å². The van der Waals surface area contributed by atoms with Gasteiger partial charge in [0.05, 0.1) is 12.6 Å². The van der Waals surface area contributed by atoms with Crippen LogP contribution in [0.5, 0.6) is 0 Å². The fraction of sp³-hybridized carbons (Fsp3) is 0.636. The van der Waals surface area contributed by atoms with Crippen LogP contribution >= 0.6 is 0 Å². The van der Waals surface area contributed by atoms with Crippen molar-refractivity contribution in [1.82, 2.24) is 15.1 Å². The van der Waals surface area contributed by atoms with Crippen molar-refractivity contribution in [3.63, 3.8) is 0 Å². The van der Waals surface area contributed by atoms with E-state index in [1.165, 1.54) is 0 Å². The Morgan fingerprint density at radius 3 is 2.89 bits per heavy atom. The average Bonchev–Trinajstić information content (AvgIpc) is 2.72. The van der Waals surface area contributed by atoms with Crippen LogP contribution in [0.25, 0.3) is 0 Å². The highest BCUT2D eigenvalue weighted by molar-refractivity contribution is 5.79. The molecule has 2 heterocycles. The Kier molecular flexibility index (Phi) is 3.34. The van der Waals surface area contributed by atoms with Gasteiger partial charge in [0.25, 0.3) is 0 Å². The quantitative estimate of drug-likeness (QED) is 0.811. The van der Waals surface area contributed by atoms with Gasteiger partial charge in [0, 0.05) is 31.4 Å². The standard InChI is InChI=1S/C11H15F2N3O2/c1-7-8(5-15-16(7)2)4-14-6-9-3-11(12,13)10(17)18-9/h5,9,14H,3-4,6H2,1-2H3. The molecular weight excluding hydrogens is 244 g/mol. The van der Waals surface area contributed by atoms with E-state index in [0.29, 0.717) is 6.54 Å². The number of hydrogen-bond donors (Lipinski definition) is 1. The van der Waals surface area contributed by atoms with Gasteiger partial charge in [-0.1, -0.05) is 0 Å². The largest absolute Gasteiger partial charge is 0.456 e. The zero-order chi connectivity index (χ0) is 13.3. The zero-order valence-electron chi connectivity index (χ0n) is 10.2. The van der Waals surface area contributed by atoms with Crippen LogP contribution in [0.15, 0.2) is 6.20 Å². The topological polar surface area (TPSA) is 56.1 Å². The molecule has 5 nitrogen and oxygen atoms in total. The van der Waals surface area contributed by atoms with Crippen LogP contribution < -0.4 is 5.32 Å². The summed E-state index contributed by atoms with van der Waals surface area (Å²) in [5.74, 6) is -4.76. The highest BCUT2D eigenvalue weighted by atomic mass is 19.3. The van der Waals surface area contributed by atoms with Crippen molar-refractivity contribution in [2.75, 3.05) is 6.54 Å². The molecular formula is C11H15F2N3O2. The molecule has 0 radical (unpaired) electrons. The van der Waals surface area contributed by atoms with E-state index in [-0.39, 0.29) is 6.54 Å². The smallest absolute Gasteiger partial charge is 0.377 e. The highest BCUT2D eigenvalue weighted by Gasteiger charge is 2.50. The molecule has 0 bridgehead atoms. The van der Waals surface area contributed by atoms with Gasteiger partial charge >= 0.3 is 11.9 Å². The fourth-order valence-electron chi connectivity index (χ4n) is 1.85. The van der Waals surface area contributed by atoms with Gasteiger partial charge in [-0.15, -0.1) is 0 Å². The summed E-state index contributed by atoms with van der Waals surface area (Å²) in [6, 6.07) is 0. The summed E-state index contributed by atoms with van der Waals surface area (Å²) in [6.45, 7) is 2.66. The summed E-state index contributed by atoms with van der Waals surface area (Å²) in [5.41, 5.74) is 2.00. The lowest BCUT2D eigenvalue weighted by Gasteiger charge is -2.09. The van der Waals surface area contributed by atoms with Crippen molar-refractivity contribution < 1.29 is 18.3 Å². The first-order valence-corrected chi connectivity index (χ1v) is 5.67. The second-order valence-corrected chi connectivity index (χ2v) is 4.45. The van der Waals surface area contributed by atoms with E-state index in [1.807, 2.05) is 14.0 Å². The van der Waals surface area contributed by atoms with Crippen LogP contribution in [0.2, 0.25) is 0 Å². The van der Waals surface area contributed by atoms with Crippen LogP contribution in [-0.2, 0) is 23.1 Å². The van der Waals surface area contributed by atoms with E-state index in [4.69, 9.17) is 0 Å². The minimum atomic E-state index is -3.34. The van der Waals surface area contributed by atoms with Gasteiger partial charge in [-0.3, -0.25) is 4.68 Å². The molecule has 18 heavy (non-hydrogen) atoms. The molecule has 1 aromatic heterocycles. The molecule has 0 aliphatic carbocycles. The maximum Gasteiger partial charge on any atom is 0.377 e. The van der Waals surface area contributed by atoms with Crippen molar-refractivity contribution in [3.8, 4) is 0 Å². The normalized spacial score (nSPS) is 22.2. The lowest BCUT2D eigenvalue weighted by Crippen LogP contribution is -2.27. The number of halogens is 2. The van der Waals surface area contributed by atoms with Crippen molar-refractivity contribution in [1.29, 1.82) is 0 Å². The molecule has 0 amide bonds. The Morgan fingerprint density at radius 1 is 1.67 bits per heavy atom. The number of nitrogens with zero attached hydrogens (tertiary/aromatic N) is 2. The molecule has 1 aromatic rings. The molecule has 1 aliphatic heterocycles. The van der Waals surface area contributed by atoms with E-state index in [0.717, 1.165) is 11.3 Å². The number of alkyl halides is 2. The Morgan fingerprint density at radius 2 is 2.39 bits per heavy atom. The third-order valence-electron chi connectivity index (χ3n) is 3.08. The predicted molar refractivity (Wildman–Crippen MR) is 59.1 cm³/mol. The fourth-order valence-corrected chi connectivity index (χ4v) is 1.85. The van der Waals surface area contributed by atoms with Gasteiger partial charge in [-0.05, 0) is 6.92 Å². The maximum absolute atomic E-state index is 12.9. The number of carbonyl (C=O) groups excluding carboxylic acids is 1. The van der Waals surface area contributed by atoms with Crippen molar-refractivity contribution >= 4 is 5.97 Å². The number of carbonyl (C=O) groups is 1. The third kappa shape index (κ3) is 2.50. The van der Waals surface area contributed by atoms with Gasteiger partial charge in [-0.2, -0.15) is 13.9 Å². The monoisotopic (exact) mass is 259 g/mol. The summed E-state index contributed by atoms with van der Waals surface area (Å²) in [4.78, 5) is 10.8. The summed E-state index contributed by atoms with van der Waals surface area (Å²) in [5, 5.41) is 7.07. The Labute approximate surface area is 103 Å². The molecule has 100 valence electrons. The lowest BCUT2D eigenvalue weighted by molar-refractivity contribution is -0.159. The number of esters is 1. The highest BCUT2D eigenvalue weighted by Crippen LogP contribution is 2.30. The number of aryl methyl sites for hydroxylation is 1. The molecule has 2 rings (SSSR count). The zero-order valence-corrected chi connectivity index (χ0v) is 10.2. The van der Waals surface area contributed by atoms with Crippen LogP contribution in [0.3, 0.4) is 0 Å². The maximum atomic E-state index is 12.9. The van der Waals surface area contributed by atoms with Crippen molar-refractivity contribution in [2.45, 2.75) is 31.9 Å². The Hall–Kier alpha value is -1.50. The molecule has 1 aliphatic rings. The summed E-state index contributed by atoms with van der Waals surface area (Å²) < 4.78 is 32.1. The minimum absolute atomic E-state index is 0.218. The second-order valence-electron chi connectivity index (χ2n) is 4.45. The number of nitrogens with one attached hydrogen (secondary N) is 1. The molecule has 0 aromatic carbocycles. The summed E-state index contributed by atoms with van der Waals surface area (Å²) >= 11 is 0. The van der Waals surface area contributed by atoms with Gasteiger partial charge < -0.3 is 10.1 Å². The number of cyclic esters (lactones) is 1. The van der Waals surface area contributed by atoms with E-state index in [1.54, 1.807) is 10.9 Å². The van der Waals surface area contributed by atoms with Gasteiger partial charge in [0.2, 0.25) is 0 Å². The van der Waals surface area contributed by atoms with E-state index in [9.17, 15) is 13.6 Å². The van der Waals surface area contributed by atoms with Crippen LogP contribution in [0.1, 0.15) is 17.7 Å². The van der Waals surface area contributed by atoms with Gasteiger partial charge in [-0.25, -0.2) is 4.79 Å². The van der Waals surface area contributed by atoms with Crippen LogP contribution in [0.4, 0.5) is 8.78 Å². The first-order chi connectivity index (χ1) is 8.40. The molecule has 1 unspecified atom stereocenters. The Bertz CT molecular complexity index is 459. The SMILES string of the molecule is Cc1c(CNCC2CC(F)(F)C(=O)O2)cnn1C.